The van der Waals surface area contributed by atoms with Crippen LogP contribution in [0, 0.1) is 0 Å². The quantitative estimate of drug-likeness (QED) is 0.548. The standard InChI is InChI=1S/C6H8ClN.C2H6/c1-3-5-8-6(7)4-2;1-2/h3-5H,2H2,1H3;1-2H3/b5-3-,8-6?;. The van der Waals surface area contributed by atoms with Crippen LogP contribution in [-0.4, -0.2) is 5.17 Å². The zero-order valence-corrected chi connectivity index (χ0v) is 7.52. The van der Waals surface area contributed by atoms with E-state index < -0.39 is 0 Å². The van der Waals surface area contributed by atoms with Crippen LogP contribution in [0.3, 0.4) is 0 Å². The molecule has 2 heteroatoms. The van der Waals surface area contributed by atoms with E-state index in [1.165, 1.54) is 6.08 Å². The van der Waals surface area contributed by atoms with Crippen LogP contribution in [0.15, 0.2) is 29.9 Å². The van der Waals surface area contributed by atoms with Crippen molar-refractivity contribution >= 4 is 16.8 Å². The molecule has 0 saturated heterocycles. The average Bonchev–Trinajstić information content (AvgIpc) is 2.04. The number of nitrogens with zero attached hydrogens (tertiary/aromatic N) is 1. The van der Waals surface area contributed by atoms with Crippen LogP contribution in [0.5, 0.6) is 0 Å². The van der Waals surface area contributed by atoms with Gasteiger partial charge in [-0.05, 0) is 13.0 Å². The highest BCUT2D eigenvalue weighted by Gasteiger charge is 1.75. The van der Waals surface area contributed by atoms with Gasteiger partial charge in [0.25, 0.3) is 0 Å². The molecule has 58 valence electrons. The van der Waals surface area contributed by atoms with Crippen LogP contribution >= 0.6 is 11.6 Å². The summed E-state index contributed by atoms with van der Waals surface area (Å²) in [4.78, 5) is 3.74. The molecule has 0 saturated carbocycles. The molecule has 0 amide bonds. The lowest BCUT2D eigenvalue weighted by atomic mass is 10.7. The van der Waals surface area contributed by atoms with Crippen LogP contribution in [0.4, 0.5) is 0 Å². The maximum Gasteiger partial charge on any atom is 0.128 e. The summed E-state index contributed by atoms with van der Waals surface area (Å²) in [7, 11) is 0. The van der Waals surface area contributed by atoms with E-state index in [1.807, 2.05) is 20.8 Å². The van der Waals surface area contributed by atoms with E-state index in [0.29, 0.717) is 5.17 Å². The van der Waals surface area contributed by atoms with Crippen molar-refractivity contribution in [2.75, 3.05) is 0 Å². The van der Waals surface area contributed by atoms with Crippen molar-refractivity contribution in [2.24, 2.45) is 4.99 Å². The molecule has 0 aliphatic carbocycles. The SMILES string of the molecule is C=CC(Cl)=N/C=C\C.CC. The normalized spacial score (nSPS) is 10.6. The predicted molar refractivity (Wildman–Crippen MR) is 49.6 cm³/mol. The van der Waals surface area contributed by atoms with Crippen molar-refractivity contribution in [3.8, 4) is 0 Å². The fourth-order valence-electron chi connectivity index (χ4n) is 0.198. The van der Waals surface area contributed by atoms with Gasteiger partial charge in [-0.2, -0.15) is 0 Å². The van der Waals surface area contributed by atoms with Gasteiger partial charge >= 0.3 is 0 Å². The van der Waals surface area contributed by atoms with E-state index in [0.717, 1.165) is 0 Å². The van der Waals surface area contributed by atoms with Crippen molar-refractivity contribution in [3.05, 3.63) is 24.9 Å². The largest absolute Gasteiger partial charge is 0.245 e. The monoisotopic (exact) mass is 159 g/mol. The lowest BCUT2D eigenvalue weighted by molar-refractivity contribution is 1.50. The second-order valence-electron chi connectivity index (χ2n) is 1.14. The van der Waals surface area contributed by atoms with Crippen LogP contribution < -0.4 is 0 Å². The minimum Gasteiger partial charge on any atom is -0.245 e. The highest BCUT2D eigenvalue weighted by molar-refractivity contribution is 6.68. The molecule has 0 atom stereocenters. The van der Waals surface area contributed by atoms with E-state index in [-0.39, 0.29) is 0 Å². The number of allylic oxidation sites excluding steroid dienone is 2. The molecule has 0 heterocycles. The van der Waals surface area contributed by atoms with Crippen molar-refractivity contribution < 1.29 is 0 Å². The van der Waals surface area contributed by atoms with E-state index in [9.17, 15) is 0 Å². The average molecular weight is 160 g/mol. The minimum atomic E-state index is 0.420. The van der Waals surface area contributed by atoms with Crippen LogP contribution in [0.1, 0.15) is 20.8 Å². The van der Waals surface area contributed by atoms with Gasteiger partial charge in [0, 0.05) is 6.20 Å². The Morgan fingerprint density at radius 1 is 1.50 bits per heavy atom. The van der Waals surface area contributed by atoms with Crippen molar-refractivity contribution in [1.82, 2.24) is 0 Å². The van der Waals surface area contributed by atoms with Gasteiger partial charge in [0.15, 0.2) is 0 Å². The zero-order chi connectivity index (χ0) is 8.41. The highest BCUT2D eigenvalue weighted by atomic mass is 35.5. The van der Waals surface area contributed by atoms with Crippen molar-refractivity contribution in [3.63, 3.8) is 0 Å². The van der Waals surface area contributed by atoms with E-state index in [2.05, 4.69) is 11.6 Å². The van der Waals surface area contributed by atoms with E-state index in [4.69, 9.17) is 11.6 Å². The summed E-state index contributed by atoms with van der Waals surface area (Å²) in [6, 6.07) is 0. The summed E-state index contributed by atoms with van der Waals surface area (Å²) in [5, 5.41) is 0.420. The Morgan fingerprint density at radius 2 is 2.00 bits per heavy atom. The Kier molecular flexibility index (Phi) is 13.7. The van der Waals surface area contributed by atoms with Crippen molar-refractivity contribution in [1.29, 1.82) is 0 Å². The van der Waals surface area contributed by atoms with Crippen LogP contribution in [0.2, 0.25) is 0 Å². The Bertz CT molecular complexity index is 125. The van der Waals surface area contributed by atoms with Gasteiger partial charge in [-0.15, -0.1) is 0 Å². The molecular weight excluding hydrogens is 146 g/mol. The highest BCUT2D eigenvalue weighted by Crippen LogP contribution is 1.86. The summed E-state index contributed by atoms with van der Waals surface area (Å²) >= 11 is 5.42. The Balaban J connectivity index is 0. The fourth-order valence-corrected chi connectivity index (χ4v) is 0.255. The molecule has 0 N–H and O–H groups in total. The molecule has 0 aliphatic heterocycles. The summed E-state index contributed by atoms with van der Waals surface area (Å²) in [5.41, 5.74) is 0. The minimum absolute atomic E-state index is 0.420. The first-order valence-corrected chi connectivity index (χ1v) is 3.66. The zero-order valence-electron chi connectivity index (χ0n) is 6.76. The smallest absolute Gasteiger partial charge is 0.128 e. The topological polar surface area (TPSA) is 12.4 Å². The molecule has 0 unspecified atom stereocenters. The molecule has 10 heavy (non-hydrogen) atoms. The number of hydrogen-bond acceptors (Lipinski definition) is 1. The molecule has 0 aliphatic rings. The Hall–Kier alpha value is -0.560. The molecular formula is C8H14ClN. The number of halogens is 1. The fraction of sp³-hybridized carbons (Fsp3) is 0.375. The van der Waals surface area contributed by atoms with Gasteiger partial charge in [0.1, 0.15) is 5.17 Å². The van der Waals surface area contributed by atoms with Gasteiger partial charge in [0.05, 0.1) is 0 Å². The summed E-state index contributed by atoms with van der Waals surface area (Å²) in [6.07, 6.45) is 4.90. The lowest BCUT2D eigenvalue weighted by Gasteiger charge is -1.78. The Morgan fingerprint density at radius 3 is 2.30 bits per heavy atom. The molecule has 0 fully saturated rings. The van der Waals surface area contributed by atoms with Gasteiger partial charge in [-0.3, -0.25) is 0 Å². The first kappa shape index (κ1) is 12.1. The third-order valence-corrected chi connectivity index (χ3v) is 0.767. The lowest BCUT2D eigenvalue weighted by Crippen LogP contribution is -1.72. The molecule has 0 aromatic rings. The first-order chi connectivity index (χ1) is 4.81. The van der Waals surface area contributed by atoms with Gasteiger partial charge in [-0.25, -0.2) is 4.99 Å². The third-order valence-electron chi connectivity index (χ3n) is 0.515. The van der Waals surface area contributed by atoms with Gasteiger partial charge in [-0.1, -0.05) is 38.1 Å². The van der Waals surface area contributed by atoms with Gasteiger partial charge < -0.3 is 0 Å². The molecule has 1 nitrogen and oxygen atoms in total. The maximum absolute atomic E-state index is 5.42. The predicted octanol–water partition coefficient (Wildman–Crippen LogP) is 3.37. The third kappa shape index (κ3) is 10.4. The molecule has 0 rings (SSSR count). The van der Waals surface area contributed by atoms with E-state index >= 15 is 0 Å². The number of rotatable bonds is 2. The first-order valence-electron chi connectivity index (χ1n) is 3.28. The number of hydrogen-bond donors (Lipinski definition) is 0. The second kappa shape index (κ2) is 11.3. The second-order valence-corrected chi connectivity index (χ2v) is 1.53. The molecule has 0 bridgehead atoms. The Labute approximate surface area is 68.1 Å². The maximum atomic E-state index is 5.42. The molecule has 0 radical (unpaired) electrons. The summed E-state index contributed by atoms with van der Waals surface area (Å²) < 4.78 is 0. The van der Waals surface area contributed by atoms with Crippen LogP contribution in [-0.2, 0) is 0 Å². The summed E-state index contributed by atoms with van der Waals surface area (Å²) in [6.45, 7) is 9.29. The van der Waals surface area contributed by atoms with Gasteiger partial charge in [0.2, 0.25) is 0 Å². The van der Waals surface area contributed by atoms with Crippen molar-refractivity contribution in [2.45, 2.75) is 20.8 Å². The molecule has 0 aromatic carbocycles. The molecule has 0 spiro atoms. The number of aliphatic imine (C=N–C) groups is 1. The molecule has 0 aromatic heterocycles. The summed E-state index contributed by atoms with van der Waals surface area (Å²) in [5.74, 6) is 0. The van der Waals surface area contributed by atoms with E-state index in [1.54, 1.807) is 12.3 Å². The van der Waals surface area contributed by atoms with Crippen LogP contribution in [0.25, 0.3) is 0 Å².